The number of aromatic nitrogens is 3. The number of thiophene rings is 1. The summed E-state index contributed by atoms with van der Waals surface area (Å²) in [4.78, 5) is 9.33. The molecule has 0 aliphatic heterocycles. The van der Waals surface area contributed by atoms with Crippen molar-refractivity contribution in [3.63, 3.8) is 0 Å². The summed E-state index contributed by atoms with van der Waals surface area (Å²) >= 11 is 18.9. The monoisotopic (exact) mass is 516 g/mol. The van der Waals surface area contributed by atoms with Gasteiger partial charge in [-0.2, -0.15) is 4.98 Å². The minimum Gasteiger partial charge on any atom is -0.354 e. The molecule has 5 nitrogen and oxygen atoms in total. The van der Waals surface area contributed by atoms with E-state index in [9.17, 15) is 0 Å². The van der Waals surface area contributed by atoms with E-state index < -0.39 is 3.79 Å². The topological polar surface area (TPSA) is 63.8 Å². The normalized spacial score (nSPS) is 11.2. The molecule has 0 atom stereocenters. The molecule has 3 heterocycles. The van der Waals surface area contributed by atoms with Gasteiger partial charge in [-0.15, -0.1) is 11.3 Å². The third kappa shape index (κ3) is 5.31. The summed E-state index contributed by atoms with van der Waals surface area (Å²) in [6.45, 7) is 4.00. The maximum absolute atomic E-state index is 5.82. The lowest BCUT2D eigenvalue weighted by molar-refractivity contribution is 0.383. The number of halogens is 3. The number of benzene rings is 2. The molecule has 0 saturated carbocycles. The number of nitrogens with one attached hydrogen (secondary N) is 1. The maximum Gasteiger partial charge on any atom is 0.279 e. The van der Waals surface area contributed by atoms with E-state index in [-0.39, 0.29) is 5.89 Å². The highest BCUT2D eigenvalue weighted by Gasteiger charge is 2.31. The standard InChI is InChI=1S/C22H13Cl3N4OS.C2H6/c23-22(24,25)21-28-20(29-30-21)18-10-16-17(11-26-12-19(16)31-18)27-15-8-6-14(7-9-15)13-4-2-1-3-5-13;1-2/h1-12,27H;1-2H3. The zero-order chi connectivity index (χ0) is 23.4. The van der Waals surface area contributed by atoms with Crippen molar-refractivity contribution < 1.29 is 4.52 Å². The Morgan fingerprint density at radius 2 is 1.61 bits per heavy atom. The summed E-state index contributed by atoms with van der Waals surface area (Å²) in [6, 6.07) is 20.5. The van der Waals surface area contributed by atoms with Gasteiger partial charge in [-0.05, 0) is 29.3 Å². The summed E-state index contributed by atoms with van der Waals surface area (Å²) in [6.07, 6.45) is 3.58. The van der Waals surface area contributed by atoms with Gasteiger partial charge in [-0.1, -0.05) is 96.3 Å². The molecule has 0 aliphatic carbocycles. The number of nitrogens with zero attached hydrogens (tertiary/aromatic N) is 3. The Labute approximate surface area is 210 Å². The van der Waals surface area contributed by atoms with E-state index in [2.05, 4.69) is 44.7 Å². The number of hydrogen-bond acceptors (Lipinski definition) is 6. The van der Waals surface area contributed by atoms with Crippen molar-refractivity contribution >= 4 is 67.6 Å². The molecule has 0 radical (unpaired) electrons. The molecular formula is C24H19Cl3N4OS. The molecule has 0 spiro atoms. The van der Waals surface area contributed by atoms with E-state index in [4.69, 9.17) is 39.3 Å². The molecule has 1 N–H and O–H groups in total. The number of hydrogen-bond donors (Lipinski definition) is 1. The van der Waals surface area contributed by atoms with Gasteiger partial charge in [0.25, 0.3) is 9.68 Å². The number of alkyl halides is 3. The van der Waals surface area contributed by atoms with Gasteiger partial charge in [0, 0.05) is 17.3 Å². The Hall–Kier alpha value is -2.64. The second-order valence-corrected chi connectivity index (χ2v) is 10.1. The van der Waals surface area contributed by atoms with E-state index >= 15 is 0 Å². The molecule has 0 fully saturated rings. The molecule has 3 aromatic heterocycles. The van der Waals surface area contributed by atoms with Gasteiger partial charge in [0.2, 0.25) is 5.82 Å². The number of anilines is 2. The Morgan fingerprint density at radius 1 is 0.909 bits per heavy atom. The summed E-state index contributed by atoms with van der Waals surface area (Å²) in [5.74, 6) is 0.292. The quantitative estimate of drug-likeness (QED) is 0.242. The zero-order valence-corrected chi connectivity index (χ0v) is 20.8. The first-order chi connectivity index (χ1) is 16.0. The number of fused-ring (bicyclic) bond motifs is 1. The van der Waals surface area contributed by atoms with Gasteiger partial charge < -0.3 is 9.84 Å². The van der Waals surface area contributed by atoms with E-state index in [0.717, 1.165) is 31.9 Å². The fourth-order valence-electron chi connectivity index (χ4n) is 3.14. The van der Waals surface area contributed by atoms with Gasteiger partial charge >= 0.3 is 0 Å². The van der Waals surface area contributed by atoms with Crippen molar-refractivity contribution in [3.05, 3.63) is 78.9 Å². The predicted octanol–water partition coefficient (Wildman–Crippen LogP) is 8.61. The highest BCUT2D eigenvalue weighted by Crippen LogP contribution is 2.40. The summed E-state index contributed by atoms with van der Waals surface area (Å²) in [5, 5.41) is 8.36. The molecule has 0 bridgehead atoms. The van der Waals surface area contributed by atoms with Crippen molar-refractivity contribution in [2.75, 3.05) is 5.32 Å². The second kappa shape index (κ2) is 10.1. The van der Waals surface area contributed by atoms with Gasteiger partial charge in [0.1, 0.15) is 0 Å². The lowest BCUT2D eigenvalue weighted by Gasteiger charge is -2.08. The smallest absolute Gasteiger partial charge is 0.279 e. The fourth-order valence-corrected chi connectivity index (χ4v) is 4.35. The summed E-state index contributed by atoms with van der Waals surface area (Å²) in [5.41, 5.74) is 4.16. The highest BCUT2D eigenvalue weighted by atomic mass is 35.6. The van der Waals surface area contributed by atoms with Gasteiger partial charge in [-0.3, -0.25) is 4.98 Å². The van der Waals surface area contributed by atoms with E-state index in [1.165, 1.54) is 16.9 Å². The molecule has 0 aliphatic rings. The first-order valence-electron chi connectivity index (χ1n) is 10.2. The minimum atomic E-state index is -1.76. The molecule has 0 saturated heterocycles. The third-order valence-electron chi connectivity index (χ3n) is 4.61. The number of rotatable bonds is 4. The highest BCUT2D eigenvalue weighted by molar-refractivity contribution is 7.22. The SMILES string of the molecule is CC.ClC(Cl)(Cl)c1nc(-c2cc3c(Nc4ccc(-c5ccccc5)cc4)cncc3s2)no1. The van der Waals surface area contributed by atoms with Crippen LogP contribution in [0.15, 0.2) is 77.6 Å². The van der Waals surface area contributed by atoms with Crippen LogP contribution in [0.3, 0.4) is 0 Å². The van der Waals surface area contributed by atoms with Crippen LogP contribution < -0.4 is 5.32 Å². The van der Waals surface area contributed by atoms with E-state index in [1.807, 2.05) is 50.2 Å². The van der Waals surface area contributed by atoms with Crippen molar-refractivity contribution in [1.29, 1.82) is 0 Å². The summed E-state index contributed by atoms with van der Waals surface area (Å²) in [7, 11) is 0. The molecule has 9 heteroatoms. The van der Waals surface area contributed by atoms with Crippen LogP contribution in [0.4, 0.5) is 11.4 Å². The predicted molar refractivity (Wildman–Crippen MR) is 139 cm³/mol. The third-order valence-corrected chi connectivity index (χ3v) is 6.16. The molecule has 0 amide bonds. The Bertz CT molecular complexity index is 1350. The van der Waals surface area contributed by atoms with Crippen LogP contribution >= 0.6 is 46.1 Å². The molecule has 5 rings (SSSR count). The van der Waals surface area contributed by atoms with Crippen LogP contribution in [-0.4, -0.2) is 15.1 Å². The van der Waals surface area contributed by atoms with Crippen LogP contribution in [0.1, 0.15) is 19.7 Å². The van der Waals surface area contributed by atoms with Gasteiger partial charge in [0.05, 0.1) is 21.5 Å². The molecule has 168 valence electrons. The van der Waals surface area contributed by atoms with Crippen molar-refractivity contribution in [1.82, 2.24) is 15.1 Å². The Kier molecular flexibility index (Phi) is 7.20. The van der Waals surface area contributed by atoms with E-state index in [0.29, 0.717) is 5.82 Å². The van der Waals surface area contributed by atoms with Crippen molar-refractivity contribution in [3.8, 4) is 21.8 Å². The largest absolute Gasteiger partial charge is 0.354 e. The molecular weight excluding hydrogens is 499 g/mol. The summed E-state index contributed by atoms with van der Waals surface area (Å²) < 4.78 is 4.28. The van der Waals surface area contributed by atoms with Crippen LogP contribution in [-0.2, 0) is 3.79 Å². The Balaban J connectivity index is 0.00000126. The van der Waals surface area contributed by atoms with Crippen LogP contribution in [0.5, 0.6) is 0 Å². The van der Waals surface area contributed by atoms with Crippen molar-refractivity contribution in [2.45, 2.75) is 17.6 Å². The fraction of sp³-hybridized carbons (Fsp3) is 0.125. The molecule has 2 aromatic carbocycles. The maximum atomic E-state index is 5.82. The lowest BCUT2D eigenvalue weighted by atomic mass is 10.1. The lowest BCUT2D eigenvalue weighted by Crippen LogP contribution is -1.99. The number of pyridine rings is 1. The van der Waals surface area contributed by atoms with Gasteiger partial charge in [-0.25, -0.2) is 0 Å². The molecule has 33 heavy (non-hydrogen) atoms. The van der Waals surface area contributed by atoms with E-state index in [1.54, 1.807) is 12.4 Å². The van der Waals surface area contributed by atoms with Crippen LogP contribution in [0, 0.1) is 0 Å². The average molecular weight is 518 g/mol. The minimum absolute atomic E-state index is 0.0695. The van der Waals surface area contributed by atoms with Crippen LogP contribution in [0.25, 0.3) is 31.9 Å². The molecule has 5 aromatic rings. The molecule has 0 unspecified atom stereocenters. The average Bonchev–Trinajstić information content (AvgIpc) is 3.50. The Morgan fingerprint density at radius 3 is 2.27 bits per heavy atom. The second-order valence-electron chi connectivity index (χ2n) is 6.70. The zero-order valence-electron chi connectivity index (χ0n) is 17.7. The van der Waals surface area contributed by atoms with Gasteiger partial charge in [0.15, 0.2) is 0 Å². The van der Waals surface area contributed by atoms with Crippen molar-refractivity contribution in [2.24, 2.45) is 0 Å². The van der Waals surface area contributed by atoms with Crippen LogP contribution in [0.2, 0.25) is 0 Å². The first-order valence-corrected chi connectivity index (χ1v) is 12.1. The first kappa shape index (κ1) is 23.5.